The molecule has 0 saturated heterocycles. The van der Waals surface area contributed by atoms with Crippen LogP contribution in [0.4, 0.5) is 11.4 Å². The van der Waals surface area contributed by atoms with E-state index in [1.165, 1.54) is 18.2 Å². The second-order valence-electron chi connectivity index (χ2n) is 4.20. The second-order valence-corrected chi connectivity index (χ2v) is 4.20. The van der Waals surface area contributed by atoms with Crippen molar-refractivity contribution in [3.8, 4) is 0 Å². The van der Waals surface area contributed by atoms with Crippen molar-refractivity contribution in [3.63, 3.8) is 0 Å². The molecule has 91 valence electrons. The Labute approximate surface area is 100.0 Å². The SMILES string of the molecule is CC(C)CCNc1cc([C]=O)ccc1[N+](=O)[O-]. The summed E-state index contributed by atoms with van der Waals surface area (Å²) in [5.74, 6) is 0.516. The van der Waals surface area contributed by atoms with Gasteiger partial charge in [0.1, 0.15) is 5.69 Å². The Bertz CT molecular complexity index is 416. The summed E-state index contributed by atoms with van der Waals surface area (Å²) in [4.78, 5) is 20.8. The summed E-state index contributed by atoms with van der Waals surface area (Å²) in [5, 5.41) is 13.8. The molecule has 1 radical (unpaired) electrons. The van der Waals surface area contributed by atoms with Gasteiger partial charge in [0.2, 0.25) is 6.29 Å². The fraction of sp³-hybridized carbons (Fsp3) is 0.417. The highest BCUT2D eigenvalue weighted by Gasteiger charge is 2.13. The molecule has 1 aromatic rings. The van der Waals surface area contributed by atoms with Crippen molar-refractivity contribution >= 4 is 17.7 Å². The molecular formula is C12H15N2O3. The first-order valence-electron chi connectivity index (χ1n) is 5.45. The van der Waals surface area contributed by atoms with Crippen molar-refractivity contribution < 1.29 is 9.72 Å². The van der Waals surface area contributed by atoms with Gasteiger partial charge in [0, 0.05) is 18.2 Å². The van der Waals surface area contributed by atoms with Gasteiger partial charge in [0.15, 0.2) is 0 Å². The first kappa shape index (κ1) is 13.2. The van der Waals surface area contributed by atoms with Crippen LogP contribution in [0, 0.1) is 16.0 Å². The maximum Gasteiger partial charge on any atom is 0.292 e. The van der Waals surface area contributed by atoms with E-state index in [2.05, 4.69) is 19.2 Å². The van der Waals surface area contributed by atoms with Crippen LogP contribution >= 0.6 is 0 Å². The summed E-state index contributed by atoms with van der Waals surface area (Å²) in [6, 6.07) is 4.15. The number of nitrogens with one attached hydrogen (secondary N) is 1. The van der Waals surface area contributed by atoms with Gasteiger partial charge in [-0.1, -0.05) is 13.8 Å². The monoisotopic (exact) mass is 235 g/mol. The largest absolute Gasteiger partial charge is 0.379 e. The predicted octanol–water partition coefficient (Wildman–Crippen LogP) is 2.51. The number of hydrogen-bond acceptors (Lipinski definition) is 4. The van der Waals surface area contributed by atoms with Gasteiger partial charge in [-0.05, 0) is 24.5 Å². The van der Waals surface area contributed by atoms with E-state index in [-0.39, 0.29) is 5.69 Å². The van der Waals surface area contributed by atoms with Crippen molar-refractivity contribution in [2.45, 2.75) is 20.3 Å². The van der Waals surface area contributed by atoms with Gasteiger partial charge in [-0.25, -0.2) is 0 Å². The van der Waals surface area contributed by atoms with E-state index >= 15 is 0 Å². The minimum Gasteiger partial charge on any atom is -0.379 e. The molecule has 0 aliphatic carbocycles. The van der Waals surface area contributed by atoms with E-state index in [1.54, 1.807) is 6.29 Å². The molecule has 17 heavy (non-hydrogen) atoms. The smallest absolute Gasteiger partial charge is 0.292 e. The molecule has 5 heteroatoms. The number of rotatable bonds is 6. The fourth-order valence-electron chi connectivity index (χ4n) is 1.40. The number of nitro groups is 1. The maximum absolute atomic E-state index is 10.8. The summed E-state index contributed by atoms with van der Waals surface area (Å²) in [7, 11) is 0. The molecule has 0 spiro atoms. The Balaban J connectivity index is 2.85. The predicted molar refractivity (Wildman–Crippen MR) is 65.8 cm³/mol. The van der Waals surface area contributed by atoms with Crippen LogP contribution in [0.25, 0.3) is 0 Å². The number of nitrogens with zero attached hydrogens (tertiary/aromatic N) is 1. The van der Waals surface area contributed by atoms with Crippen LogP contribution in [-0.4, -0.2) is 17.8 Å². The number of hydrogen-bond donors (Lipinski definition) is 1. The Morgan fingerprint density at radius 2 is 2.18 bits per heavy atom. The van der Waals surface area contributed by atoms with Crippen molar-refractivity contribution in [1.29, 1.82) is 0 Å². The lowest BCUT2D eigenvalue weighted by atomic mass is 10.1. The molecular weight excluding hydrogens is 220 g/mol. The average Bonchev–Trinajstić information content (AvgIpc) is 2.28. The standard InChI is InChI=1S/C12H15N2O3/c1-9(2)5-6-13-11-7-10(8-15)3-4-12(11)14(16)17/h3-4,7,9,13H,5-6H2,1-2H3. The molecule has 1 N–H and O–H groups in total. The molecule has 0 heterocycles. The molecule has 0 aromatic heterocycles. The molecule has 0 saturated carbocycles. The number of nitro benzene ring substituents is 1. The van der Waals surface area contributed by atoms with Crippen LogP contribution < -0.4 is 5.32 Å². The average molecular weight is 235 g/mol. The van der Waals surface area contributed by atoms with Gasteiger partial charge in [-0.15, -0.1) is 0 Å². The summed E-state index contributed by atoms with van der Waals surface area (Å²) in [5.41, 5.74) is 0.659. The zero-order valence-electron chi connectivity index (χ0n) is 9.90. The summed E-state index contributed by atoms with van der Waals surface area (Å²) < 4.78 is 0. The summed E-state index contributed by atoms with van der Waals surface area (Å²) in [6.45, 7) is 4.79. The Morgan fingerprint density at radius 1 is 1.47 bits per heavy atom. The number of anilines is 1. The zero-order valence-corrected chi connectivity index (χ0v) is 9.90. The van der Waals surface area contributed by atoms with Crippen LogP contribution in [0.3, 0.4) is 0 Å². The van der Waals surface area contributed by atoms with Gasteiger partial charge in [-0.2, -0.15) is 0 Å². The normalized spacial score (nSPS) is 10.3. The van der Waals surface area contributed by atoms with E-state index < -0.39 is 4.92 Å². The summed E-state index contributed by atoms with van der Waals surface area (Å²) in [6.07, 6.45) is 2.63. The van der Waals surface area contributed by atoms with Gasteiger partial charge in [0.05, 0.1) is 4.92 Å². The number of benzene rings is 1. The van der Waals surface area contributed by atoms with Crippen molar-refractivity contribution in [3.05, 3.63) is 33.9 Å². The molecule has 1 rings (SSSR count). The lowest BCUT2D eigenvalue weighted by Crippen LogP contribution is -2.07. The lowest BCUT2D eigenvalue weighted by molar-refractivity contribution is -0.384. The molecule has 0 bridgehead atoms. The minimum absolute atomic E-state index is 0.0206. The third-order valence-electron chi connectivity index (χ3n) is 2.35. The Kier molecular flexibility index (Phi) is 4.63. The second kappa shape index (κ2) is 5.98. The summed E-state index contributed by atoms with van der Waals surface area (Å²) >= 11 is 0. The van der Waals surface area contributed by atoms with Crippen molar-refractivity contribution in [2.75, 3.05) is 11.9 Å². The van der Waals surface area contributed by atoms with Crippen LogP contribution in [0.1, 0.15) is 25.8 Å². The molecule has 0 amide bonds. The van der Waals surface area contributed by atoms with Crippen LogP contribution in [0.5, 0.6) is 0 Å². The number of carbonyl (C=O) groups excluding carboxylic acids is 1. The van der Waals surface area contributed by atoms with Crippen LogP contribution in [0.2, 0.25) is 0 Å². The van der Waals surface area contributed by atoms with Gasteiger partial charge >= 0.3 is 0 Å². The first-order valence-corrected chi connectivity index (χ1v) is 5.45. The van der Waals surface area contributed by atoms with E-state index in [4.69, 9.17) is 0 Å². The highest BCUT2D eigenvalue weighted by Crippen LogP contribution is 2.25. The molecule has 5 nitrogen and oxygen atoms in total. The molecule has 0 fully saturated rings. The van der Waals surface area contributed by atoms with Crippen molar-refractivity contribution in [1.82, 2.24) is 0 Å². The molecule has 1 aromatic carbocycles. The van der Waals surface area contributed by atoms with E-state index in [1.807, 2.05) is 0 Å². The van der Waals surface area contributed by atoms with E-state index in [0.717, 1.165) is 6.42 Å². The topological polar surface area (TPSA) is 72.2 Å². The maximum atomic E-state index is 10.8. The molecule has 0 aliphatic rings. The van der Waals surface area contributed by atoms with E-state index in [9.17, 15) is 14.9 Å². The van der Waals surface area contributed by atoms with E-state index in [0.29, 0.717) is 23.7 Å². The Morgan fingerprint density at radius 3 is 2.71 bits per heavy atom. The van der Waals surface area contributed by atoms with Crippen LogP contribution in [-0.2, 0) is 4.79 Å². The Hall–Kier alpha value is -1.91. The molecule has 0 unspecified atom stereocenters. The van der Waals surface area contributed by atoms with Gasteiger partial charge < -0.3 is 5.32 Å². The fourth-order valence-corrected chi connectivity index (χ4v) is 1.40. The first-order chi connectivity index (χ1) is 8.04. The van der Waals surface area contributed by atoms with Gasteiger partial charge in [-0.3, -0.25) is 14.9 Å². The highest BCUT2D eigenvalue weighted by atomic mass is 16.6. The van der Waals surface area contributed by atoms with Crippen LogP contribution in [0.15, 0.2) is 18.2 Å². The lowest BCUT2D eigenvalue weighted by Gasteiger charge is -2.09. The van der Waals surface area contributed by atoms with Crippen molar-refractivity contribution in [2.24, 2.45) is 5.92 Å². The highest BCUT2D eigenvalue weighted by molar-refractivity contribution is 5.80. The molecule has 0 aliphatic heterocycles. The quantitative estimate of drug-likeness (QED) is 0.607. The zero-order chi connectivity index (χ0) is 12.8. The third kappa shape index (κ3) is 3.86. The molecule has 0 atom stereocenters. The third-order valence-corrected chi connectivity index (χ3v) is 2.35. The minimum atomic E-state index is -0.466. The van der Waals surface area contributed by atoms with Gasteiger partial charge in [0.25, 0.3) is 5.69 Å².